The average molecular weight is 411 g/mol. The first-order chi connectivity index (χ1) is 15.4. The Morgan fingerprint density at radius 2 is 0.656 bits per heavy atom. The molecule has 0 radical (unpaired) electrons. The minimum Gasteiger partial charge on any atom is -0.101 e. The molecule has 0 N–H and O–H groups in total. The fourth-order valence-corrected chi connectivity index (χ4v) is 4.79. The first-order valence-corrected chi connectivity index (χ1v) is 11.1. The van der Waals surface area contributed by atoms with Crippen LogP contribution in [0.25, 0.3) is 43.1 Å². The van der Waals surface area contributed by atoms with Crippen LogP contribution >= 0.6 is 0 Å². The van der Waals surface area contributed by atoms with Crippen molar-refractivity contribution in [1.82, 2.24) is 0 Å². The van der Waals surface area contributed by atoms with E-state index in [4.69, 9.17) is 0 Å². The predicted octanol–water partition coefficient (Wildman–Crippen LogP) is 8.28. The highest BCUT2D eigenvalue weighted by Gasteiger charge is 2.15. The maximum Gasteiger partial charge on any atom is 0.0403 e. The molecule has 5 aromatic carbocycles. The van der Waals surface area contributed by atoms with Crippen LogP contribution in [0.3, 0.4) is 0 Å². The van der Waals surface area contributed by atoms with Gasteiger partial charge in [-0.15, -0.1) is 11.8 Å². The van der Waals surface area contributed by atoms with Crippen LogP contribution in [0.1, 0.15) is 47.2 Å². The molecule has 0 aliphatic heterocycles. The van der Waals surface area contributed by atoms with Crippen LogP contribution in [0.5, 0.6) is 0 Å². The van der Waals surface area contributed by atoms with Crippen molar-refractivity contribution in [2.75, 3.05) is 0 Å². The van der Waals surface area contributed by atoms with Crippen molar-refractivity contribution < 1.29 is 0 Å². The molecule has 5 rings (SSSR count). The minimum absolute atomic E-state index is 1.10. The highest BCUT2D eigenvalue weighted by molar-refractivity contribution is 6.16. The van der Waals surface area contributed by atoms with Gasteiger partial charge in [0.1, 0.15) is 0 Å². The van der Waals surface area contributed by atoms with Gasteiger partial charge in [0, 0.05) is 11.1 Å². The smallest absolute Gasteiger partial charge is 0.0403 e. The number of fused-ring (bicyclic) bond motifs is 4. The molecule has 0 aromatic heterocycles. The molecule has 0 atom stereocenters. The second-order valence-electron chi connectivity index (χ2n) is 8.86. The summed E-state index contributed by atoms with van der Waals surface area (Å²) < 4.78 is 0. The van der Waals surface area contributed by atoms with Crippen molar-refractivity contribution in [3.8, 4) is 23.7 Å². The van der Waals surface area contributed by atoms with Gasteiger partial charge in [-0.2, -0.15) is 0 Å². The van der Waals surface area contributed by atoms with Gasteiger partial charge in [0.2, 0.25) is 0 Å². The molecule has 32 heavy (non-hydrogen) atoms. The Labute approximate surface area is 190 Å². The SMILES string of the molecule is CC#Cc1c2cc3cc(C)c(C)cc3cc2c(C#CC)c2cc3cc(C)c(C)cc3cc12. The zero-order valence-electron chi connectivity index (χ0n) is 19.6. The van der Waals surface area contributed by atoms with Gasteiger partial charge in [0.15, 0.2) is 0 Å². The molecule has 0 unspecified atom stereocenters. The van der Waals surface area contributed by atoms with Gasteiger partial charge in [-0.3, -0.25) is 0 Å². The third-order valence-corrected chi connectivity index (χ3v) is 6.76. The molecule has 0 spiro atoms. The topological polar surface area (TPSA) is 0 Å². The molecule has 0 heteroatoms. The third kappa shape index (κ3) is 3.04. The van der Waals surface area contributed by atoms with Gasteiger partial charge >= 0.3 is 0 Å². The van der Waals surface area contributed by atoms with Gasteiger partial charge < -0.3 is 0 Å². The molecule has 0 fully saturated rings. The lowest BCUT2D eigenvalue weighted by Gasteiger charge is -2.15. The van der Waals surface area contributed by atoms with E-state index in [0.717, 1.165) is 11.1 Å². The van der Waals surface area contributed by atoms with E-state index in [1.54, 1.807) is 0 Å². The van der Waals surface area contributed by atoms with Gasteiger partial charge in [-0.1, -0.05) is 36.1 Å². The summed E-state index contributed by atoms with van der Waals surface area (Å²) in [4.78, 5) is 0. The van der Waals surface area contributed by atoms with Gasteiger partial charge in [-0.25, -0.2) is 0 Å². The van der Waals surface area contributed by atoms with Crippen molar-refractivity contribution in [2.45, 2.75) is 41.5 Å². The normalized spacial score (nSPS) is 10.9. The molecule has 0 bridgehead atoms. The highest BCUT2D eigenvalue weighted by atomic mass is 14.2. The molecule has 154 valence electrons. The van der Waals surface area contributed by atoms with Crippen LogP contribution in [0.4, 0.5) is 0 Å². The molecule has 0 aliphatic carbocycles. The Morgan fingerprint density at radius 3 is 0.875 bits per heavy atom. The zero-order chi connectivity index (χ0) is 22.6. The second-order valence-corrected chi connectivity index (χ2v) is 8.86. The van der Waals surface area contributed by atoms with E-state index in [0.29, 0.717) is 0 Å². The Balaban J connectivity index is 2.07. The number of rotatable bonds is 0. The summed E-state index contributed by atoms with van der Waals surface area (Å²) in [6, 6.07) is 18.4. The van der Waals surface area contributed by atoms with Crippen molar-refractivity contribution in [3.05, 3.63) is 81.9 Å². The predicted molar refractivity (Wildman–Crippen MR) is 141 cm³/mol. The molecule has 0 saturated heterocycles. The summed E-state index contributed by atoms with van der Waals surface area (Å²) >= 11 is 0. The fraction of sp³-hybridized carbons (Fsp3) is 0.188. The van der Waals surface area contributed by atoms with Crippen LogP contribution in [-0.4, -0.2) is 0 Å². The lowest BCUT2D eigenvalue weighted by molar-refractivity contribution is 1.37. The van der Waals surface area contributed by atoms with Crippen molar-refractivity contribution in [2.24, 2.45) is 0 Å². The molecule has 0 heterocycles. The highest BCUT2D eigenvalue weighted by Crippen LogP contribution is 2.38. The Morgan fingerprint density at radius 1 is 0.406 bits per heavy atom. The molecular formula is C32H26. The molecular weight excluding hydrogens is 384 g/mol. The Hall–Kier alpha value is -3.74. The molecule has 5 aromatic rings. The van der Waals surface area contributed by atoms with Gasteiger partial charge in [-0.05, 0) is 131 Å². The van der Waals surface area contributed by atoms with E-state index < -0.39 is 0 Å². The maximum atomic E-state index is 3.45. The second kappa shape index (κ2) is 7.44. The summed E-state index contributed by atoms with van der Waals surface area (Å²) in [5.41, 5.74) is 7.44. The first-order valence-electron chi connectivity index (χ1n) is 11.1. The van der Waals surface area contributed by atoms with Crippen LogP contribution in [0.2, 0.25) is 0 Å². The van der Waals surface area contributed by atoms with Crippen LogP contribution < -0.4 is 0 Å². The minimum atomic E-state index is 1.10. The van der Waals surface area contributed by atoms with E-state index >= 15 is 0 Å². The molecule has 0 amide bonds. The lowest BCUT2D eigenvalue weighted by Crippen LogP contribution is -1.93. The maximum absolute atomic E-state index is 3.45. The first kappa shape index (κ1) is 20.2. The summed E-state index contributed by atoms with van der Waals surface area (Å²) in [6.07, 6.45) is 0. The van der Waals surface area contributed by atoms with Crippen LogP contribution in [-0.2, 0) is 0 Å². The van der Waals surface area contributed by atoms with Crippen molar-refractivity contribution >= 4 is 43.1 Å². The van der Waals surface area contributed by atoms with Gasteiger partial charge in [0.25, 0.3) is 0 Å². The van der Waals surface area contributed by atoms with E-state index in [-0.39, 0.29) is 0 Å². The van der Waals surface area contributed by atoms with Crippen LogP contribution in [0.15, 0.2) is 48.5 Å². The average Bonchev–Trinajstić information content (AvgIpc) is 2.76. The third-order valence-electron chi connectivity index (χ3n) is 6.76. The fourth-order valence-electron chi connectivity index (χ4n) is 4.79. The van der Waals surface area contributed by atoms with Crippen LogP contribution in [0, 0.1) is 51.4 Å². The van der Waals surface area contributed by atoms with E-state index in [2.05, 4.69) is 99.9 Å². The van der Waals surface area contributed by atoms with E-state index in [1.807, 2.05) is 13.8 Å². The van der Waals surface area contributed by atoms with Crippen molar-refractivity contribution in [1.29, 1.82) is 0 Å². The van der Waals surface area contributed by atoms with Crippen molar-refractivity contribution in [3.63, 3.8) is 0 Å². The number of aryl methyl sites for hydroxylation is 4. The molecule has 0 nitrogen and oxygen atoms in total. The van der Waals surface area contributed by atoms with Gasteiger partial charge in [0.05, 0.1) is 0 Å². The summed E-state index contributed by atoms with van der Waals surface area (Å²) in [5.74, 6) is 13.2. The molecule has 0 saturated carbocycles. The number of hydrogen-bond acceptors (Lipinski definition) is 0. The lowest BCUT2D eigenvalue weighted by atomic mass is 9.87. The standard InChI is InChI=1S/C32H26/c1-7-9-27-29-15-23-11-19(3)21(5)13-25(23)17-31(29)28(10-8-2)32-18-26-14-22(6)20(4)12-24(26)16-30(27)32/h11-18H,1-6H3. The Kier molecular flexibility index (Phi) is 4.69. The Bertz CT molecular complexity index is 1480. The quantitative estimate of drug-likeness (QED) is 0.178. The van der Waals surface area contributed by atoms with E-state index in [1.165, 1.54) is 65.3 Å². The van der Waals surface area contributed by atoms with E-state index in [9.17, 15) is 0 Å². The zero-order valence-corrected chi connectivity index (χ0v) is 19.6. The molecule has 0 aliphatic rings. The largest absolute Gasteiger partial charge is 0.101 e. The number of hydrogen-bond donors (Lipinski definition) is 0. The summed E-state index contributed by atoms with van der Waals surface area (Å²) in [7, 11) is 0. The monoisotopic (exact) mass is 410 g/mol. The number of benzene rings is 5. The summed E-state index contributed by atoms with van der Waals surface area (Å²) in [6.45, 7) is 12.5. The summed E-state index contributed by atoms with van der Waals surface area (Å²) in [5, 5.41) is 9.74.